The van der Waals surface area contributed by atoms with Gasteiger partial charge in [0.25, 0.3) is 5.91 Å². The Morgan fingerprint density at radius 3 is 2.48 bits per heavy atom. The molecule has 0 unspecified atom stereocenters. The molecule has 0 atom stereocenters. The van der Waals surface area contributed by atoms with Crippen molar-refractivity contribution in [2.24, 2.45) is 0 Å². The Morgan fingerprint density at radius 2 is 1.79 bits per heavy atom. The fourth-order valence-electron chi connectivity index (χ4n) is 3.24. The van der Waals surface area contributed by atoms with Crippen LogP contribution in [0.3, 0.4) is 0 Å². The number of piperazine rings is 1. The van der Waals surface area contributed by atoms with Crippen LogP contribution in [0.2, 0.25) is 0 Å². The molecule has 8 nitrogen and oxygen atoms in total. The molecule has 3 rings (SSSR count). The molecule has 29 heavy (non-hydrogen) atoms. The first-order valence-electron chi connectivity index (χ1n) is 9.89. The SMILES string of the molecule is CCOC(=O)N1CCN(C(=O)c2ccnc(Nc3ccccc3C(C)C)n2)CC1. The summed E-state index contributed by atoms with van der Waals surface area (Å²) in [6.45, 7) is 8.15. The molecule has 1 aliphatic rings. The van der Waals surface area contributed by atoms with Gasteiger partial charge in [0.1, 0.15) is 5.69 Å². The fourth-order valence-corrected chi connectivity index (χ4v) is 3.24. The van der Waals surface area contributed by atoms with Crippen molar-refractivity contribution in [3.8, 4) is 0 Å². The van der Waals surface area contributed by atoms with Crippen LogP contribution in [0.15, 0.2) is 36.5 Å². The minimum absolute atomic E-state index is 0.170. The monoisotopic (exact) mass is 397 g/mol. The molecule has 1 N–H and O–H groups in total. The minimum atomic E-state index is -0.336. The molecule has 1 fully saturated rings. The highest BCUT2D eigenvalue weighted by atomic mass is 16.6. The number of nitrogens with one attached hydrogen (secondary N) is 1. The number of carbonyl (C=O) groups is 2. The molecule has 2 aromatic rings. The highest BCUT2D eigenvalue weighted by Gasteiger charge is 2.26. The Bertz CT molecular complexity index is 863. The van der Waals surface area contributed by atoms with E-state index in [1.54, 1.807) is 29.0 Å². The topological polar surface area (TPSA) is 87.7 Å². The average Bonchev–Trinajstić information content (AvgIpc) is 2.74. The van der Waals surface area contributed by atoms with E-state index < -0.39 is 0 Å². The van der Waals surface area contributed by atoms with Crippen molar-refractivity contribution in [1.29, 1.82) is 0 Å². The maximum atomic E-state index is 12.9. The molecule has 2 amide bonds. The van der Waals surface area contributed by atoms with Crippen molar-refractivity contribution < 1.29 is 14.3 Å². The zero-order valence-electron chi connectivity index (χ0n) is 17.1. The Hall–Kier alpha value is -3.16. The largest absolute Gasteiger partial charge is 0.450 e. The summed E-state index contributed by atoms with van der Waals surface area (Å²) in [5.74, 6) is 0.560. The van der Waals surface area contributed by atoms with E-state index in [0.29, 0.717) is 50.3 Å². The van der Waals surface area contributed by atoms with Crippen molar-refractivity contribution in [3.63, 3.8) is 0 Å². The number of hydrogen-bond acceptors (Lipinski definition) is 6. The molecule has 2 heterocycles. The molecular formula is C21H27N5O3. The lowest BCUT2D eigenvalue weighted by molar-refractivity contribution is 0.0566. The predicted octanol–water partition coefficient (Wildman–Crippen LogP) is 3.26. The second-order valence-corrected chi connectivity index (χ2v) is 7.11. The second-order valence-electron chi connectivity index (χ2n) is 7.11. The molecule has 1 saturated heterocycles. The molecule has 0 saturated carbocycles. The third-order valence-corrected chi connectivity index (χ3v) is 4.80. The summed E-state index contributed by atoms with van der Waals surface area (Å²) in [5, 5.41) is 3.23. The third kappa shape index (κ3) is 5.01. The van der Waals surface area contributed by atoms with E-state index in [4.69, 9.17) is 4.74 Å². The van der Waals surface area contributed by atoms with Crippen LogP contribution in [0.4, 0.5) is 16.4 Å². The number of carbonyl (C=O) groups excluding carboxylic acids is 2. The Kier molecular flexibility index (Phi) is 6.64. The highest BCUT2D eigenvalue weighted by molar-refractivity contribution is 5.92. The van der Waals surface area contributed by atoms with Crippen molar-refractivity contribution >= 4 is 23.6 Å². The third-order valence-electron chi connectivity index (χ3n) is 4.80. The van der Waals surface area contributed by atoms with Crippen LogP contribution in [0.1, 0.15) is 42.7 Å². The second kappa shape index (κ2) is 9.36. The van der Waals surface area contributed by atoms with Crippen LogP contribution in [0.25, 0.3) is 0 Å². The Labute approximate surface area is 170 Å². The minimum Gasteiger partial charge on any atom is -0.450 e. The van der Waals surface area contributed by atoms with Crippen molar-refractivity contribution in [1.82, 2.24) is 19.8 Å². The number of hydrogen-bond donors (Lipinski definition) is 1. The standard InChI is InChI=1S/C21H27N5O3/c1-4-29-21(28)26-13-11-25(12-14-26)19(27)18-9-10-22-20(24-18)23-17-8-6-5-7-16(17)15(2)3/h5-10,15H,4,11-14H2,1-3H3,(H,22,23,24). The van der Waals surface area contributed by atoms with Crippen LogP contribution >= 0.6 is 0 Å². The van der Waals surface area contributed by atoms with Gasteiger partial charge in [-0.1, -0.05) is 32.0 Å². The van der Waals surface area contributed by atoms with Gasteiger partial charge in [-0.25, -0.2) is 14.8 Å². The first-order chi connectivity index (χ1) is 14.0. The zero-order chi connectivity index (χ0) is 20.8. The number of benzene rings is 1. The first-order valence-corrected chi connectivity index (χ1v) is 9.89. The fraction of sp³-hybridized carbons (Fsp3) is 0.429. The Balaban J connectivity index is 1.67. The molecule has 0 bridgehead atoms. The zero-order valence-corrected chi connectivity index (χ0v) is 17.1. The lowest BCUT2D eigenvalue weighted by atomic mass is 10.0. The molecule has 1 aromatic carbocycles. The van der Waals surface area contributed by atoms with Gasteiger partial charge in [0.05, 0.1) is 6.61 Å². The normalized spacial score (nSPS) is 14.1. The lowest BCUT2D eigenvalue weighted by Gasteiger charge is -2.33. The maximum absolute atomic E-state index is 12.9. The van der Waals surface area contributed by atoms with Gasteiger partial charge in [-0.2, -0.15) is 0 Å². The average molecular weight is 397 g/mol. The molecular weight excluding hydrogens is 370 g/mol. The molecule has 8 heteroatoms. The molecule has 0 radical (unpaired) electrons. The molecule has 1 aromatic heterocycles. The predicted molar refractivity (Wildman–Crippen MR) is 110 cm³/mol. The van der Waals surface area contributed by atoms with Gasteiger partial charge >= 0.3 is 6.09 Å². The maximum Gasteiger partial charge on any atom is 0.409 e. The Morgan fingerprint density at radius 1 is 1.10 bits per heavy atom. The highest BCUT2D eigenvalue weighted by Crippen LogP contribution is 2.25. The van der Waals surface area contributed by atoms with E-state index in [1.165, 1.54) is 0 Å². The first kappa shape index (κ1) is 20.6. The lowest BCUT2D eigenvalue weighted by Crippen LogP contribution is -2.50. The molecule has 154 valence electrons. The van der Waals surface area contributed by atoms with Crippen molar-refractivity contribution in [3.05, 3.63) is 47.8 Å². The van der Waals surface area contributed by atoms with Crippen molar-refractivity contribution in [2.75, 3.05) is 38.1 Å². The number of rotatable bonds is 5. The summed E-state index contributed by atoms with van der Waals surface area (Å²) < 4.78 is 5.02. The summed E-state index contributed by atoms with van der Waals surface area (Å²) in [6, 6.07) is 9.59. The molecule has 0 spiro atoms. The van der Waals surface area contributed by atoms with E-state index in [2.05, 4.69) is 35.2 Å². The van der Waals surface area contributed by atoms with Gasteiger partial charge in [0.2, 0.25) is 5.95 Å². The summed E-state index contributed by atoms with van der Waals surface area (Å²) in [7, 11) is 0. The number of aromatic nitrogens is 2. The van der Waals surface area contributed by atoms with E-state index >= 15 is 0 Å². The summed E-state index contributed by atoms with van der Waals surface area (Å²) >= 11 is 0. The quantitative estimate of drug-likeness (QED) is 0.833. The molecule has 1 aliphatic heterocycles. The van der Waals surface area contributed by atoms with Gasteiger partial charge in [-0.05, 0) is 30.5 Å². The number of para-hydroxylation sites is 1. The van der Waals surface area contributed by atoms with E-state index in [0.717, 1.165) is 11.3 Å². The van der Waals surface area contributed by atoms with Crippen LogP contribution in [0.5, 0.6) is 0 Å². The van der Waals surface area contributed by atoms with Gasteiger partial charge in [0.15, 0.2) is 0 Å². The molecule has 0 aliphatic carbocycles. The number of nitrogens with zero attached hydrogens (tertiary/aromatic N) is 4. The van der Waals surface area contributed by atoms with E-state index in [-0.39, 0.29) is 12.0 Å². The smallest absolute Gasteiger partial charge is 0.409 e. The number of anilines is 2. The van der Waals surface area contributed by atoms with E-state index in [9.17, 15) is 9.59 Å². The summed E-state index contributed by atoms with van der Waals surface area (Å²) in [5.41, 5.74) is 2.41. The van der Waals surface area contributed by atoms with Gasteiger partial charge in [-0.15, -0.1) is 0 Å². The van der Waals surface area contributed by atoms with E-state index in [1.807, 2.05) is 18.2 Å². The number of ether oxygens (including phenoxy) is 1. The summed E-state index contributed by atoms with van der Waals surface area (Å²) in [6.07, 6.45) is 1.24. The van der Waals surface area contributed by atoms with Gasteiger partial charge < -0.3 is 19.9 Å². The summed E-state index contributed by atoms with van der Waals surface area (Å²) in [4.78, 5) is 36.6. The van der Waals surface area contributed by atoms with Crippen LogP contribution in [-0.2, 0) is 4.74 Å². The van der Waals surface area contributed by atoms with Gasteiger partial charge in [-0.3, -0.25) is 4.79 Å². The number of amides is 2. The van der Waals surface area contributed by atoms with Crippen LogP contribution in [-0.4, -0.2) is 64.6 Å². The van der Waals surface area contributed by atoms with Crippen molar-refractivity contribution in [2.45, 2.75) is 26.7 Å². The van der Waals surface area contributed by atoms with Gasteiger partial charge in [0, 0.05) is 38.1 Å². The van der Waals surface area contributed by atoms with Crippen LogP contribution < -0.4 is 5.32 Å². The van der Waals surface area contributed by atoms with Crippen LogP contribution in [0, 0.1) is 0 Å².